The van der Waals surface area contributed by atoms with Crippen LogP contribution in [0.15, 0.2) is 36.4 Å². The number of esters is 1. The molecule has 4 heteroatoms. The lowest BCUT2D eigenvalue weighted by atomic mass is 10.0. The fourth-order valence-corrected chi connectivity index (χ4v) is 2.00. The predicted molar refractivity (Wildman–Crippen MR) is 72.9 cm³/mol. The molecule has 98 valence electrons. The lowest BCUT2D eigenvalue weighted by Gasteiger charge is -2.07. The van der Waals surface area contributed by atoms with Crippen LogP contribution in [-0.4, -0.2) is 13.1 Å². The number of rotatable bonds is 2. The van der Waals surface area contributed by atoms with Crippen LogP contribution in [-0.2, 0) is 4.74 Å². The Morgan fingerprint density at radius 2 is 1.79 bits per heavy atom. The van der Waals surface area contributed by atoms with Crippen molar-refractivity contribution >= 4 is 17.6 Å². The molecule has 0 saturated carbocycles. The minimum atomic E-state index is -0.494. The van der Waals surface area contributed by atoms with E-state index in [1.165, 1.54) is 13.2 Å². The molecule has 0 aromatic heterocycles. The number of aryl methyl sites for hydroxylation is 1. The van der Waals surface area contributed by atoms with E-state index in [0.717, 1.165) is 5.56 Å². The van der Waals surface area contributed by atoms with Crippen LogP contribution in [0.1, 0.15) is 15.9 Å². The van der Waals surface area contributed by atoms with Gasteiger partial charge in [0.25, 0.3) is 0 Å². The van der Waals surface area contributed by atoms with Gasteiger partial charge in [-0.25, -0.2) is 9.18 Å². The van der Waals surface area contributed by atoms with E-state index in [9.17, 15) is 9.18 Å². The number of ether oxygens (including phenoxy) is 1. The van der Waals surface area contributed by atoms with Gasteiger partial charge in [0, 0.05) is 0 Å². The smallest absolute Gasteiger partial charge is 0.339 e. The van der Waals surface area contributed by atoms with E-state index < -0.39 is 5.97 Å². The maximum Gasteiger partial charge on any atom is 0.339 e. The molecule has 0 saturated heterocycles. The molecule has 2 nitrogen and oxygen atoms in total. The van der Waals surface area contributed by atoms with Crippen molar-refractivity contribution in [2.75, 3.05) is 7.11 Å². The average molecular weight is 279 g/mol. The minimum Gasteiger partial charge on any atom is -0.465 e. The first-order valence-electron chi connectivity index (χ1n) is 5.67. The van der Waals surface area contributed by atoms with Crippen LogP contribution in [0.3, 0.4) is 0 Å². The van der Waals surface area contributed by atoms with Crippen molar-refractivity contribution in [2.24, 2.45) is 0 Å². The second-order valence-corrected chi connectivity index (χ2v) is 4.56. The number of hydrogen-bond donors (Lipinski definition) is 0. The molecule has 19 heavy (non-hydrogen) atoms. The quantitative estimate of drug-likeness (QED) is 0.768. The van der Waals surface area contributed by atoms with Crippen molar-refractivity contribution in [1.82, 2.24) is 0 Å². The fourth-order valence-electron chi connectivity index (χ4n) is 1.74. The Balaban J connectivity index is 2.44. The molecule has 0 aliphatic carbocycles. The third-order valence-corrected chi connectivity index (χ3v) is 3.19. The third-order valence-electron chi connectivity index (χ3n) is 2.88. The summed E-state index contributed by atoms with van der Waals surface area (Å²) in [5.41, 5.74) is 2.33. The highest BCUT2D eigenvalue weighted by Crippen LogP contribution is 2.27. The van der Waals surface area contributed by atoms with Crippen LogP contribution < -0.4 is 0 Å². The summed E-state index contributed by atoms with van der Waals surface area (Å²) in [5, 5.41) is 0.283. The molecular weight excluding hydrogens is 267 g/mol. The van der Waals surface area contributed by atoms with E-state index in [1.54, 1.807) is 31.2 Å². The molecule has 0 atom stereocenters. The molecule has 0 radical (unpaired) electrons. The van der Waals surface area contributed by atoms with Crippen LogP contribution in [0.25, 0.3) is 11.1 Å². The first-order chi connectivity index (χ1) is 9.02. The Labute approximate surface area is 115 Å². The Kier molecular flexibility index (Phi) is 3.86. The predicted octanol–water partition coefficient (Wildman–Crippen LogP) is 4.24. The van der Waals surface area contributed by atoms with Gasteiger partial charge in [0.1, 0.15) is 5.82 Å². The molecule has 0 aliphatic rings. The summed E-state index contributed by atoms with van der Waals surface area (Å²) in [6.45, 7) is 1.70. The fraction of sp³-hybridized carbons (Fsp3) is 0.133. The highest BCUT2D eigenvalue weighted by atomic mass is 35.5. The summed E-state index contributed by atoms with van der Waals surface area (Å²) in [6.07, 6.45) is 0. The monoisotopic (exact) mass is 278 g/mol. The minimum absolute atomic E-state index is 0.273. The lowest BCUT2D eigenvalue weighted by molar-refractivity contribution is 0.0601. The number of methoxy groups -OCH3 is 1. The van der Waals surface area contributed by atoms with Gasteiger partial charge < -0.3 is 4.74 Å². The number of carbonyl (C=O) groups is 1. The van der Waals surface area contributed by atoms with E-state index in [1.807, 2.05) is 6.07 Å². The second kappa shape index (κ2) is 5.41. The highest BCUT2D eigenvalue weighted by Gasteiger charge is 2.11. The van der Waals surface area contributed by atoms with Gasteiger partial charge in [0.05, 0.1) is 17.7 Å². The molecule has 0 N–H and O–H groups in total. The average Bonchev–Trinajstić information content (AvgIpc) is 2.41. The van der Waals surface area contributed by atoms with Gasteiger partial charge in [0.15, 0.2) is 0 Å². The Hall–Kier alpha value is -1.87. The number of carbonyl (C=O) groups excluding carboxylic acids is 1. The largest absolute Gasteiger partial charge is 0.465 e. The molecule has 2 aromatic carbocycles. The summed E-state index contributed by atoms with van der Waals surface area (Å²) in [7, 11) is 1.29. The topological polar surface area (TPSA) is 26.3 Å². The van der Waals surface area contributed by atoms with Gasteiger partial charge in [-0.05, 0) is 41.8 Å². The van der Waals surface area contributed by atoms with Crippen LogP contribution in [0.5, 0.6) is 0 Å². The van der Waals surface area contributed by atoms with Gasteiger partial charge >= 0.3 is 5.97 Å². The molecule has 0 fully saturated rings. The zero-order chi connectivity index (χ0) is 14.0. The molecule has 2 rings (SSSR count). The molecule has 0 aliphatic heterocycles. The molecule has 0 unspecified atom stereocenters. The molecule has 2 aromatic rings. The normalized spacial score (nSPS) is 10.3. The van der Waals surface area contributed by atoms with Gasteiger partial charge in [-0.2, -0.15) is 0 Å². The Bertz CT molecular complexity index is 638. The molecule has 0 bridgehead atoms. The van der Waals surface area contributed by atoms with Crippen molar-refractivity contribution in [3.05, 3.63) is 58.4 Å². The van der Waals surface area contributed by atoms with Crippen molar-refractivity contribution in [1.29, 1.82) is 0 Å². The first-order valence-corrected chi connectivity index (χ1v) is 6.05. The molecular formula is C15H12ClFO2. The Morgan fingerprint density at radius 3 is 2.37 bits per heavy atom. The zero-order valence-electron chi connectivity index (χ0n) is 10.5. The molecule has 0 amide bonds. The first kappa shape index (κ1) is 13.6. The van der Waals surface area contributed by atoms with Gasteiger partial charge in [-0.15, -0.1) is 0 Å². The summed E-state index contributed by atoms with van der Waals surface area (Å²) in [5.74, 6) is -0.766. The maximum absolute atomic E-state index is 13.5. The van der Waals surface area contributed by atoms with Crippen LogP contribution in [0.4, 0.5) is 4.39 Å². The second-order valence-electron chi connectivity index (χ2n) is 4.15. The van der Waals surface area contributed by atoms with E-state index in [2.05, 4.69) is 4.74 Å². The maximum atomic E-state index is 13.5. The van der Waals surface area contributed by atoms with E-state index in [-0.39, 0.29) is 10.8 Å². The number of hydrogen-bond acceptors (Lipinski definition) is 2. The van der Waals surface area contributed by atoms with Crippen LogP contribution >= 0.6 is 11.6 Å². The third kappa shape index (κ3) is 2.76. The van der Waals surface area contributed by atoms with Crippen molar-refractivity contribution < 1.29 is 13.9 Å². The van der Waals surface area contributed by atoms with Gasteiger partial charge in [-0.1, -0.05) is 29.8 Å². The zero-order valence-corrected chi connectivity index (χ0v) is 11.3. The Morgan fingerprint density at radius 1 is 1.16 bits per heavy atom. The number of halogens is 2. The lowest BCUT2D eigenvalue weighted by Crippen LogP contribution is -2.01. The summed E-state index contributed by atoms with van der Waals surface area (Å²) >= 11 is 6.03. The molecule has 0 heterocycles. The van der Waals surface area contributed by atoms with Crippen LogP contribution in [0, 0.1) is 12.7 Å². The van der Waals surface area contributed by atoms with Gasteiger partial charge in [0.2, 0.25) is 0 Å². The van der Waals surface area contributed by atoms with Crippen molar-refractivity contribution in [3.63, 3.8) is 0 Å². The summed E-state index contributed by atoms with van der Waals surface area (Å²) in [4.78, 5) is 11.4. The van der Waals surface area contributed by atoms with Crippen molar-refractivity contribution in [2.45, 2.75) is 6.92 Å². The summed E-state index contributed by atoms with van der Waals surface area (Å²) < 4.78 is 18.1. The number of benzene rings is 2. The van der Waals surface area contributed by atoms with Gasteiger partial charge in [-0.3, -0.25) is 0 Å². The van der Waals surface area contributed by atoms with E-state index in [0.29, 0.717) is 16.7 Å². The summed E-state index contributed by atoms with van der Waals surface area (Å²) in [6, 6.07) is 9.86. The van der Waals surface area contributed by atoms with Crippen molar-refractivity contribution in [3.8, 4) is 11.1 Å². The highest BCUT2D eigenvalue weighted by molar-refractivity contribution is 6.33. The van der Waals surface area contributed by atoms with E-state index >= 15 is 0 Å². The van der Waals surface area contributed by atoms with E-state index in [4.69, 9.17) is 11.6 Å². The molecule has 0 spiro atoms. The van der Waals surface area contributed by atoms with Crippen LogP contribution in [0.2, 0.25) is 5.02 Å². The standard InChI is InChI=1S/C15H12ClFO2/c1-9-3-4-11(8-14(9)17)10-5-6-12(13(16)7-10)15(18)19-2/h3-8H,1-2H3. The SMILES string of the molecule is COC(=O)c1ccc(-c2ccc(C)c(F)c2)cc1Cl.